The fraction of sp³-hybridized carbons (Fsp3) is 0.588. The second-order valence-corrected chi connectivity index (χ2v) is 6.43. The maximum Gasteiger partial charge on any atom is 0.150 e. The molecule has 0 unspecified atom stereocenters. The number of rotatable bonds is 5. The zero-order chi connectivity index (χ0) is 15.3. The smallest absolute Gasteiger partial charge is 0.150 e. The lowest BCUT2D eigenvalue weighted by Crippen LogP contribution is -2.38. The lowest BCUT2D eigenvalue weighted by Gasteiger charge is -2.27. The van der Waals surface area contributed by atoms with E-state index >= 15 is 0 Å². The van der Waals surface area contributed by atoms with Crippen LogP contribution in [0.3, 0.4) is 0 Å². The Balaban J connectivity index is 1.99. The second-order valence-electron chi connectivity index (χ2n) is 6.43. The van der Waals surface area contributed by atoms with Crippen LogP contribution in [0.2, 0.25) is 0 Å². The molecule has 21 heavy (non-hydrogen) atoms. The molecule has 1 fully saturated rings. The molecule has 0 aromatic heterocycles. The average Bonchev–Trinajstić information content (AvgIpc) is 2.47. The summed E-state index contributed by atoms with van der Waals surface area (Å²) in [6.45, 7) is 11.5. The van der Waals surface area contributed by atoms with Crippen molar-refractivity contribution in [3.8, 4) is 5.75 Å². The number of ether oxygens (including phenoxy) is 2. The van der Waals surface area contributed by atoms with Crippen molar-refractivity contribution in [1.82, 2.24) is 4.90 Å². The summed E-state index contributed by atoms with van der Waals surface area (Å²) in [5, 5.41) is 0. The highest BCUT2D eigenvalue weighted by atomic mass is 16.5. The van der Waals surface area contributed by atoms with E-state index in [2.05, 4.69) is 25.7 Å². The number of hydrogen-bond acceptors (Lipinski definition) is 4. The first-order valence-electron chi connectivity index (χ1n) is 7.53. The van der Waals surface area contributed by atoms with Crippen LogP contribution in [0.25, 0.3) is 0 Å². The van der Waals surface area contributed by atoms with Gasteiger partial charge in [0.05, 0.1) is 13.2 Å². The summed E-state index contributed by atoms with van der Waals surface area (Å²) in [6, 6.07) is 5.65. The van der Waals surface area contributed by atoms with E-state index in [0.717, 1.165) is 50.4 Å². The maximum absolute atomic E-state index is 11.0. The van der Waals surface area contributed by atoms with E-state index in [1.807, 2.05) is 18.2 Å². The molecule has 0 amide bonds. The van der Waals surface area contributed by atoms with Crippen LogP contribution in [-0.4, -0.2) is 50.6 Å². The van der Waals surface area contributed by atoms with Crippen molar-refractivity contribution >= 4 is 6.29 Å². The number of aldehydes is 1. The molecule has 1 heterocycles. The third-order valence-corrected chi connectivity index (χ3v) is 3.72. The fourth-order valence-corrected chi connectivity index (χ4v) is 2.44. The molecule has 1 aliphatic rings. The van der Waals surface area contributed by atoms with Gasteiger partial charge in [0.25, 0.3) is 0 Å². The molecule has 1 aromatic rings. The van der Waals surface area contributed by atoms with Gasteiger partial charge in [-0.3, -0.25) is 9.69 Å². The number of carbonyl (C=O) groups excluding carboxylic acids is 1. The minimum absolute atomic E-state index is 0.0483. The first-order valence-corrected chi connectivity index (χ1v) is 7.53. The number of carbonyl (C=O) groups is 1. The molecule has 1 aliphatic heterocycles. The summed E-state index contributed by atoms with van der Waals surface area (Å²) in [7, 11) is 0. The highest BCUT2D eigenvalue weighted by Crippen LogP contribution is 2.32. The molecule has 116 valence electrons. The van der Waals surface area contributed by atoms with Crippen molar-refractivity contribution in [2.75, 3.05) is 39.5 Å². The van der Waals surface area contributed by atoms with Gasteiger partial charge in [0.2, 0.25) is 0 Å². The summed E-state index contributed by atoms with van der Waals surface area (Å²) >= 11 is 0. The van der Waals surface area contributed by atoms with Crippen LogP contribution < -0.4 is 4.74 Å². The van der Waals surface area contributed by atoms with Crippen molar-refractivity contribution in [3.05, 3.63) is 29.3 Å². The van der Waals surface area contributed by atoms with Crippen molar-refractivity contribution < 1.29 is 14.3 Å². The molecule has 0 N–H and O–H groups in total. The van der Waals surface area contributed by atoms with Crippen molar-refractivity contribution in [2.45, 2.75) is 26.2 Å². The SMILES string of the molecule is CC(C)(C)c1cc(C=O)ccc1OCCN1CCOCC1. The zero-order valence-electron chi connectivity index (χ0n) is 13.2. The summed E-state index contributed by atoms with van der Waals surface area (Å²) in [5.41, 5.74) is 1.72. The largest absolute Gasteiger partial charge is 0.492 e. The zero-order valence-corrected chi connectivity index (χ0v) is 13.2. The molecule has 0 bridgehead atoms. The third kappa shape index (κ3) is 4.55. The van der Waals surface area contributed by atoms with Gasteiger partial charge in [-0.05, 0) is 23.6 Å². The van der Waals surface area contributed by atoms with Crippen molar-refractivity contribution in [3.63, 3.8) is 0 Å². The fourth-order valence-electron chi connectivity index (χ4n) is 2.44. The van der Waals surface area contributed by atoms with E-state index in [0.29, 0.717) is 12.2 Å². The molecule has 1 aromatic carbocycles. The lowest BCUT2D eigenvalue weighted by atomic mass is 9.85. The predicted octanol–water partition coefficient (Wildman–Crippen LogP) is 2.51. The predicted molar refractivity (Wildman–Crippen MR) is 83.3 cm³/mol. The van der Waals surface area contributed by atoms with E-state index in [1.165, 1.54) is 0 Å². The molecule has 0 atom stereocenters. The lowest BCUT2D eigenvalue weighted by molar-refractivity contribution is 0.0321. The van der Waals surface area contributed by atoms with Gasteiger partial charge in [-0.1, -0.05) is 20.8 Å². The van der Waals surface area contributed by atoms with E-state index < -0.39 is 0 Å². The molecular formula is C17H25NO3. The van der Waals surface area contributed by atoms with E-state index in [-0.39, 0.29) is 5.41 Å². The Morgan fingerprint density at radius 1 is 1.29 bits per heavy atom. The van der Waals surface area contributed by atoms with Gasteiger partial charge in [0.1, 0.15) is 18.6 Å². The normalized spacial score (nSPS) is 16.7. The minimum Gasteiger partial charge on any atom is -0.492 e. The molecule has 4 heteroatoms. The van der Waals surface area contributed by atoms with Gasteiger partial charge >= 0.3 is 0 Å². The Hall–Kier alpha value is -1.39. The highest BCUT2D eigenvalue weighted by molar-refractivity contribution is 5.75. The van der Waals surface area contributed by atoms with Crippen LogP contribution in [0.1, 0.15) is 36.7 Å². The first-order chi connectivity index (χ1) is 10.0. The van der Waals surface area contributed by atoms with Gasteiger partial charge in [-0.15, -0.1) is 0 Å². The molecule has 0 saturated carbocycles. The Kier molecular flexibility index (Phi) is 5.37. The number of benzene rings is 1. The molecule has 0 radical (unpaired) electrons. The Bertz CT molecular complexity index is 473. The topological polar surface area (TPSA) is 38.8 Å². The van der Waals surface area contributed by atoms with Crippen LogP contribution in [0.5, 0.6) is 5.75 Å². The molecule has 2 rings (SSSR count). The summed E-state index contributed by atoms with van der Waals surface area (Å²) in [4.78, 5) is 13.3. The van der Waals surface area contributed by atoms with Gasteiger partial charge in [0, 0.05) is 30.8 Å². The van der Waals surface area contributed by atoms with Crippen LogP contribution in [-0.2, 0) is 10.2 Å². The molecular weight excluding hydrogens is 266 g/mol. The molecule has 1 saturated heterocycles. The van der Waals surface area contributed by atoms with Gasteiger partial charge in [0.15, 0.2) is 0 Å². The van der Waals surface area contributed by atoms with Gasteiger partial charge < -0.3 is 9.47 Å². The molecule has 0 spiro atoms. The van der Waals surface area contributed by atoms with E-state index in [9.17, 15) is 4.79 Å². The number of hydrogen-bond donors (Lipinski definition) is 0. The first kappa shape index (κ1) is 16.0. The van der Waals surface area contributed by atoms with Crippen LogP contribution in [0, 0.1) is 0 Å². The quantitative estimate of drug-likeness (QED) is 0.781. The third-order valence-electron chi connectivity index (χ3n) is 3.72. The number of nitrogens with zero attached hydrogens (tertiary/aromatic N) is 1. The Morgan fingerprint density at radius 2 is 2.00 bits per heavy atom. The standard InChI is InChI=1S/C17H25NO3/c1-17(2,3)15-12-14(13-19)4-5-16(15)21-11-8-18-6-9-20-10-7-18/h4-5,12-13H,6-11H2,1-3H3. The van der Waals surface area contributed by atoms with Crippen molar-refractivity contribution in [1.29, 1.82) is 0 Å². The maximum atomic E-state index is 11.0. The van der Waals surface area contributed by atoms with E-state index in [4.69, 9.17) is 9.47 Å². The Labute approximate surface area is 127 Å². The van der Waals surface area contributed by atoms with E-state index in [1.54, 1.807) is 0 Å². The summed E-state index contributed by atoms with van der Waals surface area (Å²) in [6.07, 6.45) is 0.882. The summed E-state index contributed by atoms with van der Waals surface area (Å²) in [5.74, 6) is 0.876. The average molecular weight is 291 g/mol. The second kappa shape index (κ2) is 7.05. The van der Waals surface area contributed by atoms with Gasteiger partial charge in [-0.2, -0.15) is 0 Å². The molecule has 0 aliphatic carbocycles. The van der Waals surface area contributed by atoms with Gasteiger partial charge in [-0.25, -0.2) is 0 Å². The highest BCUT2D eigenvalue weighted by Gasteiger charge is 2.20. The van der Waals surface area contributed by atoms with Crippen LogP contribution >= 0.6 is 0 Å². The van der Waals surface area contributed by atoms with Crippen LogP contribution in [0.4, 0.5) is 0 Å². The van der Waals surface area contributed by atoms with Crippen molar-refractivity contribution in [2.24, 2.45) is 0 Å². The monoisotopic (exact) mass is 291 g/mol. The van der Waals surface area contributed by atoms with Crippen LogP contribution in [0.15, 0.2) is 18.2 Å². The number of morpholine rings is 1. The Morgan fingerprint density at radius 3 is 2.62 bits per heavy atom. The summed E-state index contributed by atoms with van der Waals surface area (Å²) < 4.78 is 11.3. The minimum atomic E-state index is -0.0483. The molecule has 4 nitrogen and oxygen atoms in total.